The van der Waals surface area contributed by atoms with Crippen molar-refractivity contribution in [1.82, 2.24) is 15.1 Å². The Kier molecular flexibility index (Phi) is 4.23. The third kappa shape index (κ3) is 3.98. The Morgan fingerprint density at radius 1 is 1.00 bits per heavy atom. The van der Waals surface area contributed by atoms with Gasteiger partial charge >= 0.3 is 0 Å². The summed E-state index contributed by atoms with van der Waals surface area (Å²) >= 11 is 0. The highest BCUT2D eigenvalue weighted by molar-refractivity contribution is 4.93. The minimum absolute atomic E-state index is 0.390. The molecule has 0 radical (unpaired) electrons. The highest BCUT2D eigenvalue weighted by Crippen LogP contribution is 2.32. The number of hydrogen-bond donors (Lipinski definition) is 1. The van der Waals surface area contributed by atoms with Crippen molar-refractivity contribution >= 4 is 0 Å². The van der Waals surface area contributed by atoms with E-state index in [9.17, 15) is 0 Å². The minimum Gasteiger partial charge on any atom is -0.381 e. The molecule has 21 heavy (non-hydrogen) atoms. The molecule has 1 unspecified atom stereocenters. The van der Waals surface area contributed by atoms with Crippen molar-refractivity contribution in [1.29, 1.82) is 0 Å². The smallest absolute Gasteiger partial charge is 0.0547 e. The van der Waals surface area contributed by atoms with Crippen LogP contribution >= 0.6 is 0 Å². The van der Waals surface area contributed by atoms with Gasteiger partial charge in [0.25, 0.3) is 0 Å². The Bertz CT molecular complexity index is 340. The van der Waals surface area contributed by atoms with Gasteiger partial charge in [0, 0.05) is 63.9 Å². The lowest BCUT2D eigenvalue weighted by Crippen LogP contribution is -2.52. The van der Waals surface area contributed by atoms with Crippen LogP contribution in [0.25, 0.3) is 0 Å². The van der Waals surface area contributed by atoms with E-state index >= 15 is 0 Å². The summed E-state index contributed by atoms with van der Waals surface area (Å²) in [4.78, 5) is 5.39. The fourth-order valence-corrected chi connectivity index (χ4v) is 3.89. The van der Waals surface area contributed by atoms with Gasteiger partial charge in [-0.2, -0.15) is 0 Å². The van der Waals surface area contributed by atoms with Crippen LogP contribution in [0.2, 0.25) is 0 Å². The molecule has 4 aliphatic rings. The third-order valence-corrected chi connectivity index (χ3v) is 5.77. The molecule has 4 heteroatoms. The lowest BCUT2D eigenvalue weighted by molar-refractivity contribution is 0.0695. The zero-order valence-electron chi connectivity index (χ0n) is 13.4. The molecule has 0 amide bonds. The summed E-state index contributed by atoms with van der Waals surface area (Å²) in [6, 6.07) is 0.817. The maximum atomic E-state index is 5.76. The molecule has 0 spiro atoms. The van der Waals surface area contributed by atoms with E-state index in [1.54, 1.807) is 0 Å². The molecule has 2 aliphatic heterocycles. The topological polar surface area (TPSA) is 27.7 Å². The molecule has 4 rings (SSSR count). The average Bonchev–Trinajstić information content (AvgIpc) is 3.42. The Morgan fingerprint density at radius 2 is 1.76 bits per heavy atom. The summed E-state index contributed by atoms with van der Waals surface area (Å²) in [7, 11) is 0. The third-order valence-electron chi connectivity index (χ3n) is 5.77. The summed E-state index contributed by atoms with van der Waals surface area (Å²) in [5.41, 5.74) is 0.390. The fraction of sp³-hybridized carbons (Fsp3) is 1.00. The van der Waals surface area contributed by atoms with Gasteiger partial charge in [-0.05, 0) is 38.0 Å². The molecule has 0 bridgehead atoms. The molecule has 1 N–H and O–H groups in total. The zero-order valence-corrected chi connectivity index (χ0v) is 13.4. The summed E-state index contributed by atoms with van der Waals surface area (Å²) in [5, 5.41) is 3.76. The van der Waals surface area contributed by atoms with Gasteiger partial charge in [0.05, 0.1) is 6.61 Å². The highest BCUT2D eigenvalue weighted by Gasteiger charge is 2.38. The molecule has 120 valence electrons. The van der Waals surface area contributed by atoms with Crippen molar-refractivity contribution in [3.05, 3.63) is 0 Å². The molecule has 2 heterocycles. The van der Waals surface area contributed by atoms with Crippen LogP contribution in [0.1, 0.15) is 32.1 Å². The highest BCUT2D eigenvalue weighted by atomic mass is 16.5. The van der Waals surface area contributed by atoms with E-state index in [4.69, 9.17) is 4.74 Å². The van der Waals surface area contributed by atoms with Crippen LogP contribution in [-0.2, 0) is 4.74 Å². The van der Waals surface area contributed by atoms with Gasteiger partial charge in [0.15, 0.2) is 0 Å². The van der Waals surface area contributed by atoms with E-state index in [1.165, 1.54) is 77.9 Å². The van der Waals surface area contributed by atoms with Crippen LogP contribution in [0.3, 0.4) is 0 Å². The first kappa shape index (κ1) is 14.4. The summed E-state index contributed by atoms with van der Waals surface area (Å²) in [6.45, 7) is 10.8. The molecule has 2 saturated heterocycles. The standard InChI is InChI=1S/C17H31N3O/c1-2-15(1)11-19-6-8-20(9-7-19)13-17(5-10-21-14-17)12-18-16-3-4-16/h15-16,18H,1-14H2. The van der Waals surface area contributed by atoms with Crippen molar-refractivity contribution in [2.75, 3.05) is 59.0 Å². The van der Waals surface area contributed by atoms with Crippen molar-refractivity contribution in [3.63, 3.8) is 0 Å². The number of rotatable bonds is 7. The molecule has 0 aromatic rings. The first-order chi connectivity index (χ1) is 10.3. The quantitative estimate of drug-likeness (QED) is 0.763. The van der Waals surface area contributed by atoms with E-state index in [0.29, 0.717) is 5.41 Å². The largest absolute Gasteiger partial charge is 0.381 e. The van der Waals surface area contributed by atoms with Crippen molar-refractivity contribution in [3.8, 4) is 0 Å². The molecule has 0 aromatic carbocycles. The van der Waals surface area contributed by atoms with Gasteiger partial charge in [-0.3, -0.25) is 0 Å². The molecule has 4 nitrogen and oxygen atoms in total. The van der Waals surface area contributed by atoms with Gasteiger partial charge in [-0.1, -0.05) is 0 Å². The normalized spacial score (nSPS) is 35.4. The van der Waals surface area contributed by atoms with Gasteiger partial charge in [-0.25, -0.2) is 0 Å². The van der Waals surface area contributed by atoms with Crippen molar-refractivity contribution < 1.29 is 4.74 Å². The lowest BCUT2D eigenvalue weighted by Gasteiger charge is -2.40. The maximum Gasteiger partial charge on any atom is 0.0547 e. The Balaban J connectivity index is 1.25. The van der Waals surface area contributed by atoms with Crippen LogP contribution in [0.4, 0.5) is 0 Å². The number of nitrogens with zero attached hydrogens (tertiary/aromatic N) is 2. The summed E-state index contributed by atoms with van der Waals surface area (Å²) in [5.74, 6) is 1.04. The van der Waals surface area contributed by atoms with Crippen LogP contribution in [0.5, 0.6) is 0 Å². The Labute approximate surface area is 129 Å². The number of piperazine rings is 1. The molecule has 4 fully saturated rings. The van der Waals surface area contributed by atoms with Crippen LogP contribution < -0.4 is 5.32 Å². The number of hydrogen-bond acceptors (Lipinski definition) is 4. The monoisotopic (exact) mass is 293 g/mol. The van der Waals surface area contributed by atoms with E-state index in [1.807, 2.05) is 0 Å². The van der Waals surface area contributed by atoms with E-state index in [2.05, 4.69) is 15.1 Å². The van der Waals surface area contributed by atoms with Gasteiger partial charge in [0.1, 0.15) is 0 Å². The lowest BCUT2D eigenvalue weighted by atomic mass is 9.86. The van der Waals surface area contributed by atoms with Crippen LogP contribution in [0.15, 0.2) is 0 Å². The van der Waals surface area contributed by atoms with Gasteiger partial charge in [-0.15, -0.1) is 0 Å². The average molecular weight is 293 g/mol. The SMILES string of the molecule is C1CC(CNC2CC2)(CN2CCN(CC3CC3)CC2)CO1. The molecule has 2 aliphatic carbocycles. The molecule has 1 atom stereocenters. The first-order valence-corrected chi connectivity index (χ1v) is 9.07. The number of ether oxygens (including phenoxy) is 1. The molecule has 0 aromatic heterocycles. The first-order valence-electron chi connectivity index (χ1n) is 9.07. The van der Waals surface area contributed by atoms with E-state index in [0.717, 1.165) is 25.2 Å². The summed E-state index contributed by atoms with van der Waals surface area (Å²) in [6.07, 6.45) is 6.98. The van der Waals surface area contributed by atoms with E-state index < -0.39 is 0 Å². The second-order valence-electron chi connectivity index (χ2n) is 7.98. The maximum absolute atomic E-state index is 5.76. The second-order valence-corrected chi connectivity index (χ2v) is 7.98. The minimum atomic E-state index is 0.390. The zero-order chi connectivity index (χ0) is 14.1. The van der Waals surface area contributed by atoms with E-state index in [-0.39, 0.29) is 0 Å². The predicted octanol–water partition coefficient (Wildman–Crippen LogP) is 1.17. The Hall–Kier alpha value is -0.160. The second kappa shape index (κ2) is 6.15. The van der Waals surface area contributed by atoms with Crippen molar-refractivity contribution in [2.24, 2.45) is 11.3 Å². The number of nitrogens with one attached hydrogen (secondary N) is 1. The molecular formula is C17H31N3O. The Morgan fingerprint density at radius 3 is 2.38 bits per heavy atom. The predicted molar refractivity (Wildman–Crippen MR) is 84.5 cm³/mol. The van der Waals surface area contributed by atoms with Crippen molar-refractivity contribution in [2.45, 2.75) is 38.1 Å². The molecule has 2 saturated carbocycles. The summed E-state index contributed by atoms with van der Waals surface area (Å²) < 4.78 is 5.76. The fourth-order valence-electron chi connectivity index (χ4n) is 3.89. The van der Waals surface area contributed by atoms with Crippen LogP contribution in [-0.4, -0.2) is 74.9 Å². The van der Waals surface area contributed by atoms with Gasteiger partial charge < -0.3 is 19.9 Å². The van der Waals surface area contributed by atoms with Crippen LogP contribution in [0, 0.1) is 11.3 Å². The molecular weight excluding hydrogens is 262 g/mol. The van der Waals surface area contributed by atoms with Gasteiger partial charge in [0.2, 0.25) is 0 Å².